The summed E-state index contributed by atoms with van der Waals surface area (Å²) >= 11 is 12.6. The lowest BCUT2D eigenvalue weighted by molar-refractivity contribution is -0.117. The highest BCUT2D eigenvalue weighted by molar-refractivity contribution is 6.32. The molecule has 0 fully saturated rings. The molecule has 1 atom stereocenters. The first-order valence-corrected chi connectivity index (χ1v) is 12.2. The molecule has 38 heavy (non-hydrogen) atoms. The molecule has 3 aromatic heterocycles. The van der Waals surface area contributed by atoms with Crippen LogP contribution in [0.15, 0.2) is 84.1 Å². The number of hydrogen-bond donors (Lipinski definition) is 3. The number of tetrazole rings is 1. The van der Waals surface area contributed by atoms with Gasteiger partial charge in [-0.15, -0.1) is 5.10 Å². The highest BCUT2D eigenvalue weighted by Crippen LogP contribution is 2.28. The summed E-state index contributed by atoms with van der Waals surface area (Å²) in [6.07, 6.45) is 6.46. The number of nitrogens with one attached hydrogen (secondary N) is 3. The lowest BCUT2D eigenvalue weighted by Crippen LogP contribution is -2.29. The first-order valence-electron chi connectivity index (χ1n) is 11.5. The zero-order valence-electron chi connectivity index (χ0n) is 19.7. The van der Waals surface area contributed by atoms with Gasteiger partial charge in [-0.05, 0) is 52.8 Å². The summed E-state index contributed by atoms with van der Waals surface area (Å²) in [7, 11) is 0. The summed E-state index contributed by atoms with van der Waals surface area (Å²) in [5, 5.41) is 15.0. The van der Waals surface area contributed by atoms with Gasteiger partial charge in [-0.25, -0.2) is 4.98 Å². The van der Waals surface area contributed by atoms with Crippen molar-refractivity contribution >= 4 is 35.2 Å². The van der Waals surface area contributed by atoms with Crippen molar-refractivity contribution in [3.63, 3.8) is 0 Å². The maximum absolute atomic E-state index is 13.1. The fraction of sp³-hybridized carbons (Fsp3) is 0.0769. The second kappa shape index (κ2) is 11.2. The van der Waals surface area contributed by atoms with Crippen molar-refractivity contribution in [3.8, 4) is 16.9 Å². The molecule has 0 radical (unpaired) electrons. The smallest absolute Gasteiger partial charge is 0.248 e. The van der Waals surface area contributed by atoms with Crippen molar-refractivity contribution in [2.45, 2.75) is 12.5 Å². The van der Waals surface area contributed by atoms with Gasteiger partial charge in [0.05, 0.1) is 11.7 Å². The van der Waals surface area contributed by atoms with E-state index in [1.54, 1.807) is 30.3 Å². The average Bonchev–Trinajstić information content (AvgIpc) is 3.58. The lowest BCUT2D eigenvalue weighted by atomic mass is 10.1. The highest BCUT2D eigenvalue weighted by atomic mass is 35.5. The molecule has 10 nitrogen and oxygen atoms in total. The maximum Gasteiger partial charge on any atom is 0.248 e. The molecule has 0 aliphatic rings. The van der Waals surface area contributed by atoms with Gasteiger partial charge in [0, 0.05) is 34.5 Å². The number of aromatic nitrogens is 7. The Morgan fingerprint density at radius 3 is 2.71 bits per heavy atom. The summed E-state index contributed by atoms with van der Waals surface area (Å²) in [5.74, 6) is 0.0896. The minimum atomic E-state index is -0.541. The fourth-order valence-corrected chi connectivity index (χ4v) is 4.34. The molecule has 5 aromatic rings. The van der Waals surface area contributed by atoms with Crippen molar-refractivity contribution in [2.24, 2.45) is 0 Å². The lowest BCUT2D eigenvalue weighted by Gasteiger charge is -2.16. The SMILES string of the molecule is O=C(C=Cc1cc(Cl)ccc1-n1cnnn1)N[C@@H](Cc1ccccc1)c1nc(-c2cc[nH]c(=O)c2)c(Cl)[nH]1. The van der Waals surface area contributed by atoms with Gasteiger partial charge in [0.2, 0.25) is 11.5 Å². The normalized spacial score (nSPS) is 12.1. The molecule has 0 aliphatic carbocycles. The maximum atomic E-state index is 13.1. The third kappa shape index (κ3) is 5.88. The van der Waals surface area contributed by atoms with Crippen LogP contribution < -0.4 is 10.9 Å². The third-order valence-corrected chi connectivity index (χ3v) is 6.16. The highest BCUT2D eigenvalue weighted by Gasteiger charge is 2.21. The van der Waals surface area contributed by atoms with Crippen molar-refractivity contribution in [1.82, 2.24) is 40.5 Å². The first-order chi connectivity index (χ1) is 18.5. The number of aromatic amines is 2. The molecule has 0 saturated carbocycles. The van der Waals surface area contributed by atoms with Gasteiger partial charge in [0.15, 0.2) is 0 Å². The Morgan fingerprint density at radius 2 is 1.95 bits per heavy atom. The van der Waals surface area contributed by atoms with Crippen LogP contribution in [0.5, 0.6) is 0 Å². The van der Waals surface area contributed by atoms with Gasteiger partial charge < -0.3 is 15.3 Å². The van der Waals surface area contributed by atoms with E-state index in [4.69, 9.17) is 23.2 Å². The van der Waals surface area contributed by atoms with Gasteiger partial charge in [0.1, 0.15) is 23.0 Å². The molecule has 190 valence electrons. The summed E-state index contributed by atoms with van der Waals surface area (Å²) in [5.41, 5.74) is 3.00. The molecule has 3 N–H and O–H groups in total. The Bertz CT molecular complexity index is 1650. The van der Waals surface area contributed by atoms with Gasteiger partial charge in [-0.2, -0.15) is 4.68 Å². The molecule has 2 aromatic carbocycles. The van der Waals surface area contributed by atoms with Crippen molar-refractivity contribution in [2.75, 3.05) is 0 Å². The van der Waals surface area contributed by atoms with E-state index in [2.05, 4.69) is 35.8 Å². The number of pyridine rings is 1. The van der Waals surface area contributed by atoms with Crippen LogP contribution in [0.1, 0.15) is 23.0 Å². The number of carbonyl (C=O) groups is 1. The molecule has 0 saturated heterocycles. The second-order valence-electron chi connectivity index (χ2n) is 8.27. The van der Waals surface area contributed by atoms with Gasteiger partial charge in [-0.3, -0.25) is 9.59 Å². The minimum absolute atomic E-state index is 0.262. The van der Waals surface area contributed by atoms with Crippen LogP contribution in [0, 0.1) is 0 Å². The first kappa shape index (κ1) is 25.1. The van der Waals surface area contributed by atoms with E-state index in [1.807, 2.05) is 30.3 Å². The van der Waals surface area contributed by atoms with Crippen LogP contribution in [-0.4, -0.2) is 41.1 Å². The molecule has 12 heteroatoms. The average molecular weight is 547 g/mol. The predicted molar refractivity (Wildman–Crippen MR) is 144 cm³/mol. The van der Waals surface area contributed by atoms with Gasteiger partial charge in [0.25, 0.3) is 0 Å². The standard InChI is InChI=1S/C26H20Cl2N8O2/c27-19-7-8-21(36-15-30-34-35-36)17(13-19)6-9-22(37)31-20(12-16-4-2-1-3-5-16)26-32-24(25(28)33-26)18-10-11-29-23(38)14-18/h1-11,13-15,20H,12H2,(H,29,38)(H,31,37)(H,32,33)/t20-/m0/s1. The molecular weight excluding hydrogens is 527 g/mol. The van der Waals surface area contributed by atoms with Gasteiger partial charge in [-0.1, -0.05) is 53.5 Å². The second-order valence-corrected chi connectivity index (χ2v) is 9.08. The number of benzene rings is 2. The zero-order chi connectivity index (χ0) is 26.5. The summed E-state index contributed by atoms with van der Waals surface area (Å²) in [6, 6.07) is 17.4. The van der Waals surface area contributed by atoms with E-state index >= 15 is 0 Å². The van der Waals surface area contributed by atoms with Crippen LogP contribution >= 0.6 is 23.2 Å². The van der Waals surface area contributed by atoms with E-state index in [1.165, 1.54) is 29.3 Å². The topological polar surface area (TPSA) is 134 Å². The molecule has 5 rings (SSSR count). The Kier molecular flexibility index (Phi) is 7.43. The van der Waals surface area contributed by atoms with Crippen LogP contribution in [-0.2, 0) is 11.2 Å². The number of H-pyrrole nitrogens is 2. The Labute approximate surface area is 226 Å². The van der Waals surface area contributed by atoms with Gasteiger partial charge >= 0.3 is 0 Å². The monoisotopic (exact) mass is 546 g/mol. The van der Waals surface area contributed by atoms with E-state index in [0.717, 1.165) is 5.56 Å². The number of hydrogen-bond acceptors (Lipinski definition) is 6. The van der Waals surface area contributed by atoms with Crippen molar-refractivity contribution < 1.29 is 4.79 Å². The third-order valence-electron chi connectivity index (χ3n) is 5.66. The molecule has 1 amide bonds. The number of carbonyl (C=O) groups excluding carboxylic acids is 1. The summed E-state index contributed by atoms with van der Waals surface area (Å²) in [4.78, 5) is 35.1. The Hall–Kier alpha value is -4.54. The zero-order valence-corrected chi connectivity index (χ0v) is 21.2. The Balaban J connectivity index is 1.43. The largest absolute Gasteiger partial charge is 0.342 e. The number of halogens is 2. The van der Waals surface area contributed by atoms with Crippen LogP contribution in [0.25, 0.3) is 23.0 Å². The predicted octanol–water partition coefficient (Wildman–Crippen LogP) is 4.16. The van der Waals surface area contributed by atoms with E-state index in [9.17, 15) is 9.59 Å². The van der Waals surface area contributed by atoms with Crippen LogP contribution in [0.2, 0.25) is 10.2 Å². The van der Waals surface area contributed by atoms with E-state index < -0.39 is 6.04 Å². The number of rotatable bonds is 8. The molecule has 3 heterocycles. The summed E-state index contributed by atoms with van der Waals surface area (Å²) < 4.78 is 1.48. The van der Waals surface area contributed by atoms with Crippen LogP contribution in [0.3, 0.4) is 0 Å². The molecule has 0 spiro atoms. The molecular formula is C26H20Cl2N8O2. The van der Waals surface area contributed by atoms with E-state index in [0.29, 0.717) is 39.8 Å². The fourth-order valence-electron chi connectivity index (χ4n) is 3.91. The van der Waals surface area contributed by atoms with E-state index in [-0.39, 0.29) is 16.6 Å². The number of imidazole rings is 1. The summed E-state index contributed by atoms with van der Waals surface area (Å²) in [6.45, 7) is 0. The number of nitrogens with zero attached hydrogens (tertiary/aromatic N) is 5. The molecule has 0 unspecified atom stereocenters. The number of amides is 1. The van der Waals surface area contributed by atoms with Crippen molar-refractivity contribution in [1.29, 1.82) is 0 Å². The molecule has 0 aliphatic heterocycles. The Morgan fingerprint density at radius 1 is 1.11 bits per heavy atom. The van der Waals surface area contributed by atoms with Crippen molar-refractivity contribution in [3.05, 3.63) is 117 Å². The quantitative estimate of drug-likeness (QED) is 0.250. The van der Waals surface area contributed by atoms with Crippen LogP contribution in [0.4, 0.5) is 0 Å². The molecule has 0 bridgehead atoms. The minimum Gasteiger partial charge on any atom is -0.342 e.